The molecule has 0 radical (unpaired) electrons. The van der Waals surface area contributed by atoms with Crippen LogP contribution in [-0.2, 0) is 6.54 Å². The summed E-state index contributed by atoms with van der Waals surface area (Å²) in [7, 11) is 4.83. The number of nitrogens with zero attached hydrogens (tertiary/aromatic N) is 1. The van der Waals surface area contributed by atoms with Gasteiger partial charge in [0.05, 0.1) is 27.9 Å². The molecule has 0 fully saturated rings. The average Bonchev–Trinajstić information content (AvgIpc) is 2.59. The largest absolute Gasteiger partial charge is 0.497 e. The molecule has 6 nitrogen and oxygen atoms in total. The van der Waals surface area contributed by atoms with E-state index in [1.165, 1.54) is 0 Å². The lowest BCUT2D eigenvalue weighted by Crippen LogP contribution is -2.22. The van der Waals surface area contributed by atoms with Gasteiger partial charge in [0.1, 0.15) is 5.75 Å². The minimum absolute atomic E-state index is 0.322. The summed E-state index contributed by atoms with van der Waals surface area (Å²) < 4.78 is 15.7. The van der Waals surface area contributed by atoms with Gasteiger partial charge in [-0.15, -0.1) is 0 Å². The second-order valence-corrected chi connectivity index (χ2v) is 5.25. The maximum absolute atomic E-state index is 5.96. The van der Waals surface area contributed by atoms with Gasteiger partial charge in [0.2, 0.25) is 0 Å². The van der Waals surface area contributed by atoms with Crippen LogP contribution in [0.1, 0.15) is 11.1 Å². The van der Waals surface area contributed by atoms with Crippen molar-refractivity contribution in [3.8, 4) is 17.2 Å². The van der Waals surface area contributed by atoms with E-state index in [0.29, 0.717) is 24.0 Å². The summed E-state index contributed by atoms with van der Waals surface area (Å²) in [5.74, 6) is 2.42. The number of nitrogens with one attached hydrogen (secondary N) is 1. The van der Waals surface area contributed by atoms with Gasteiger partial charge in [0.15, 0.2) is 17.5 Å². The van der Waals surface area contributed by atoms with Crippen LogP contribution < -0.4 is 25.3 Å². The number of methoxy groups -OCH3 is 3. The van der Waals surface area contributed by atoms with E-state index in [2.05, 4.69) is 16.4 Å². The molecular formula is C18H23N3O3. The average molecular weight is 329 g/mol. The molecule has 2 aromatic carbocycles. The van der Waals surface area contributed by atoms with E-state index in [-0.39, 0.29) is 0 Å². The molecule has 2 rings (SSSR count). The molecule has 0 bridgehead atoms. The molecule has 0 unspecified atom stereocenters. The Morgan fingerprint density at radius 2 is 1.75 bits per heavy atom. The lowest BCUT2D eigenvalue weighted by atomic mass is 10.1. The van der Waals surface area contributed by atoms with Crippen molar-refractivity contribution in [2.75, 3.05) is 26.6 Å². The van der Waals surface area contributed by atoms with Crippen molar-refractivity contribution in [1.29, 1.82) is 0 Å². The second-order valence-electron chi connectivity index (χ2n) is 5.25. The molecule has 0 atom stereocenters. The van der Waals surface area contributed by atoms with Crippen molar-refractivity contribution in [2.45, 2.75) is 13.5 Å². The van der Waals surface area contributed by atoms with Gasteiger partial charge < -0.3 is 25.3 Å². The quantitative estimate of drug-likeness (QED) is 0.629. The molecule has 0 aliphatic carbocycles. The molecule has 0 spiro atoms. The van der Waals surface area contributed by atoms with Crippen LogP contribution in [0.2, 0.25) is 0 Å². The highest BCUT2D eigenvalue weighted by Crippen LogP contribution is 2.29. The highest BCUT2D eigenvalue weighted by atomic mass is 16.5. The molecule has 0 saturated carbocycles. The molecule has 24 heavy (non-hydrogen) atoms. The number of aryl methyl sites for hydroxylation is 1. The van der Waals surface area contributed by atoms with Gasteiger partial charge in [-0.1, -0.05) is 6.07 Å². The zero-order valence-corrected chi connectivity index (χ0v) is 14.4. The minimum Gasteiger partial charge on any atom is -0.497 e. The van der Waals surface area contributed by atoms with Crippen LogP contribution in [0.5, 0.6) is 17.2 Å². The van der Waals surface area contributed by atoms with Crippen LogP contribution >= 0.6 is 0 Å². The maximum Gasteiger partial charge on any atom is 0.193 e. The number of aliphatic imine (C=N–C) groups is 1. The first-order valence-electron chi connectivity index (χ1n) is 7.49. The van der Waals surface area contributed by atoms with E-state index >= 15 is 0 Å². The molecule has 0 amide bonds. The maximum atomic E-state index is 5.96. The number of nitrogens with two attached hydrogens (primary N) is 1. The van der Waals surface area contributed by atoms with Crippen LogP contribution in [0.25, 0.3) is 0 Å². The number of hydrogen-bond donors (Lipinski definition) is 2. The van der Waals surface area contributed by atoms with Crippen LogP contribution in [0.4, 0.5) is 5.69 Å². The molecule has 0 aliphatic rings. The summed E-state index contributed by atoms with van der Waals surface area (Å²) in [6, 6.07) is 11.4. The van der Waals surface area contributed by atoms with Crippen molar-refractivity contribution in [2.24, 2.45) is 10.7 Å². The fourth-order valence-electron chi connectivity index (χ4n) is 2.31. The number of anilines is 1. The fraction of sp³-hybridized carbons (Fsp3) is 0.278. The number of benzene rings is 2. The highest BCUT2D eigenvalue weighted by Gasteiger charge is 2.05. The standard InChI is InChI=1S/C18H23N3O3/c1-12-7-13(9-15(8-12)22-2)11-20-18(19)21-14-5-6-16(23-3)17(10-14)24-4/h5-10H,11H2,1-4H3,(H3,19,20,21). The molecule has 0 saturated heterocycles. The van der Waals surface area contributed by atoms with E-state index < -0.39 is 0 Å². The third kappa shape index (κ3) is 4.55. The Morgan fingerprint density at radius 1 is 1.00 bits per heavy atom. The molecule has 128 valence electrons. The Balaban J connectivity index is 2.08. The van der Waals surface area contributed by atoms with Gasteiger partial charge in [0.25, 0.3) is 0 Å². The van der Waals surface area contributed by atoms with Crippen molar-refractivity contribution in [3.63, 3.8) is 0 Å². The molecule has 2 aromatic rings. The normalized spacial score (nSPS) is 11.1. The summed E-state index contributed by atoms with van der Waals surface area (Å²) in [6.45, 7) is 2.48. The topological polar surface area (TPSA) is 78.1 Å². The fourth-order valence-corrected chi connectivity index (χ4v) is 2.31. The minimum atomic E-state index is 0.322. The zero-order chi connectivity index (χ0) is 17.5. The number of rotatable bonds is 6. The van der Waals surface area contributed by atoms with Gasteiger partial charge in [0, 0.05) is 11.8 Å². The molecule has 0 heterocycles. The predicted octanol–water partition coefficient (Wildman–Crippen LogP) is 2.95. The Hall–Kier alpha value is -2.89. The molecule has 0 aliphatic heterocycles. The summed E-state index contributed by atoms with van der Waals surface area (Å²) in [4.78, 5) is 4.36. The molecule has 0 aromatic heterocycles. The third-order valence-electron chi connectivity index (χ3n) is 3.43. The Morgan fingerprint density at radius 3 is 2.42 bits per heavy atom. The van der Waals surface area contributed by atoms with Crippen LogP contribution in [0.3, 0.4) is 0 Å². The van der Waals surface area contributed by atoms with E-state index in [4.69, 9.17) is 19.9 Å². The third-order valence-corrected chi connectivity index (χ3v) is 3.43. The van der Waals surface area contributed by atoms with E-state index in [0.717, 1.165) is 22.6 Å². The van der Waals surface area contributed by atoms with Crippen molar-refractivity contribution in [3.05, 3.63) is 47.5 Å². The van der Waals surface area contributed by atoms with Gasteiger partial charge in [-0.05, 0) is 42.3 Å². The Bertz CT molecular complexity index is 729. The summed E-state index contributed by atoms with van der Waals surface area (Å²) >= 11 is 0. The van der Waals surface area contributed by atoms with Crippen LogP contribution in [0, 0.1) is 6.92 Å². The first-order valence-corrected chi connectivity index (χ1v) is 7.49. The Kier molecular flexibility index (Phi) is 5.89. The summed E-state index contributed by atoms with van der Waals surface area (Å²) in [6.07, 6.45) is 0. The summed E-state index contributed by atoms with van der Waals surface area (Å²) in [5, 5.41) is 3.04. The van der Waals surface area contributed by atoms with Gasteiger partial charge in [-0.3, -0.25) is 0 Å². The molecule has 3 N–H and O–H groups in total. The first-order chi connectivity index (χ1) is 11.5. The lowest BCUT2D eigenvalue weighted by molar-refractivity contribution is 0.355. The number of guanidine groups is 1. The van der Waals surface area contributed by atoms with E-state index in [1.54, 1.807) is 33.5 Å². The first kappa shape index (κ1) is 17.5. The van der Waals surface area contributed by atoms with E-state index in [1.807, 2.05) is 25.1 Å². The number of ether oxygens (including phenoxy) is 3. The van der Waals surface area contributed by atoms with Crippen molar-refractivity contribution >= 4 is 11.6 Å². The van der Waals surface area contributed by atoms with Crippen LogP contribution in [0.15, 0.2) is 41.4 Å². The molecular weight excluding hydrogens is 306 g/mol. The second kappa shape index (κ2) is 8.10. The smallest absolute Gasteiger partial charge is 0.193 e. The van der Waals surface area contributed by atoms with Gasteiger partial charge in [-0.25, -0.2) is 4.99 Å². The highest BCUT2D eigenvalue weighted by molar-refractivity contribution is 5.92. The van der Waals surface area contributed by atoms with E-state index in [9.17, 15) is 0 Å². The zero-order valence-electron chi connectivity index (χ0n) is 14.4. The number of hydrogen-bond acceptors (Lipinski definition) is 4. The van der Waals surface area contributed by atoms with Gasteiger partial charge >= 0.3 is 0 Å². The van der Waals surface area contributed by atoms with Crippen molar-refractivity contribution < 1.29 is 14.2 Å². The Labute approximate surface area is 142 Å². The van der Waals surface area contributed by atoms with Crippen LogP contribution in [-0.4, -0.2) is 27.3 Å². The summed E-state index contributed by atoms with van der Waals surface area (Å²) in [5.41, 5.74) is 8.88. The lowest BCUT2D eigenvalue weighted by Gasteiger charge is -2.11. The predicted molar refractivity (Wildman–Crippen MR) is 96.2 cm³/mol. The molecule has 6 heteroatoms. The monoisotopic (exact) mass is 329 g/mol. The van der Waals surface area contributed by atoms with Crippen molar-refractivity contribution in [1.82, 2.24) is 0 Å². The SMILES string of the molecule is COc1cc(C)cc(CN=C(N)Nc2ccc(OC)c(OC)c2)c1. The van der Waals surface area contributed by atoms with Gasteiger partial charge in [-0.2, -0.15) is 0 Å².